The molecule has 27 heavy (non-hydrogen) atoms. The molecule has 0 saturated carbocycles. The van der Waals surface area contributed by atoms with Crippen LogP contribution in [0.25, 0.3) is 0 Å². The van der Waals surface area contributed by atoms with E-state index in [0.29, 0.717) is 5.75 Å². The maximum atomic E-state index is 12.1. The molecule has 0 aliphatic rings. The lowest BCUT2D eigenvalue weighted by Gasteiger charge is -2.12. The van der Waals surface area contributed by atoms with Crippen LogP contribution >= 0.6 is 0 Å². The fourth-order valence-corrected chi connectivity index (χ4v) is 2.20. The molecule has 0 aromatic heterocycles. The van der Waals surface area contributed by atoms with E-state index in [1.54, 1.807) is 12.1 Å². The largest absolute Gasteiger partial charge is 0.492 e. The fourth-order valence-electron chi connectivity index (χ4n) is 2.20. The highest BCUT2D eigenvalue weighted by molar-refractivity contribution is 6.03. The Morgan fingerprint density at radius 3 is 2.30 bits per heavy atom. The molecule has 2 aromatic carbocycles. The number of carbonyl (C=O) groups excluding carboxylic acids is 3. The number of para-hydroxylation sites is 1. The third-order valence-electron chi connectivity index (χ3n) is 3.49. The van der Waals surface area contributed by atoms with Gasteiger partial charge in [0.15, 0.2) is 0 Å². The van der Waals surface area contributed by atoms with Gasteiger partial charge in [0.2, 0.25) is 0 Å². The summed E-state index contributed by atoms with van der Waals surface area (Å²) < 4.78 is 14.8. The smallest absolute Gasteiger partial charge is 0.339 e. The van der Waals surface area contributed by atoms with Crippen molar-refractivity contribution in [3.05, 3.63) is 59.7 Å². The van der Waals surface area contributed by atoms with Gasteiger partial charge in [-0.2, -0.15) is 0 Å². The molecule has 0 fully saturated rings. The normalized spacial score (nSPS) is 9.85. The number of urea groups is 1. The van der Waals surface area contributed by atoms with Gasteiger partial charge in [-0.1, -0.05) is 18.2 Å². The number of ether oxygens (including phenoxy) is 3. The van der Waals surface area contributed by atoms with Gasteiger partial charge in [0.05, 0.1) is 37.6 Å². The van der Waals surface area contributed by atoms with Crippen LogP contribution in [-0.4, -0.2) is 45.3 Å². The molecule has 2 aromatic rings. The molecule has 142 valence electrons. The Morgan fingerprint density at radius 2 is 1.63 bits per heavy atom. The maximum Gasteiger partial charge on any atom is 0.339 e. The third kappa shape index (κ3) is 5.74. The van der Waals surface area contributed by atoms with Gasteiger partial charge in [-0.3, -0.25) is 0 Å². The molecule has 0 spiro atoms. The van der Waals surface area contributed by atoms with Crippen molar-refractivity contribution in [2.75, 3.05) is 32.7 Å². The van der Waals surface area contributed by atoms with E-state index in [0.717, 1.165) is 0 Å². The first-order chi connectivity index (χ1) is 13.0. The second kappa shape index (κ2) is 9.81. The number of nitrogens with one attached hydrogen (secondary N) is 2. The van der Waals surface area contributed by atoms with E-state index in [1.165, 1.54) is 32.4 Å². The van der Waals surface area contributed by atoms with Crippen LogP contribution in [0.15, 0.2) is 48.5 Å². The molecular formula is C19H20N2O6. The maximum absolute atomic E-state index is 12.1. The SMILES string of the molecule is COC(=O)c1ccc(C(=O)OC)c(NC(=O)NCCOc2ccccc2)c1. The monoisotopic (exact) mass is 372 g/mol. The lowest BCUT2D eigenvalue weighted by molar-refractivity contribution is 0.0587. The van der Waals surface area contributed by atoms with Crippen molar-refractivity contribution in [1.82, 2.24) is 5.32 Å². The van der Waals surface area contributed by atoms with Crippen molar-refractivity contribution in [2.45, 2.75) is 0 Å². The number of methoxy groups -OCH3 is 2. The molecule has 0 saturated heterocycles. The summed E-state index contributed by atoms with van der Waals surface area (Å²) in [5.74, 6) is -0.543. The number of carbonyl (C=O) groups is 3. The molecule has 2 amide bonds. The Morgan fingerprint density at radius 1 is 0.926 bits per heavy atom. The van der Waals surface area contributed by atoms with Gasteiger partial charge in [-0.05, 0) is 30.3 Å². The van der Waals surface area contributed by atoms with E-state index in [9.17, 15) is 14.4 Å². The summed E-state index contributed by atoms with van der Waals surface area (Å²) in [7, 11) is 2.46. The molecule has 8 nitrogen and oxygen atoms in total. The number of hydrogen-bond acceptors (Lipinski definition) is 6. The predicted octanol–water partition coefficient (Wildman–Crippen LogP) is 2.46. The van der Waals surface area contributed by atoms with Crippen LogP contribution in [0.1, 0.15) is 20.7 Å². The first-order valence-corrected chi connectivity index (χ1v) is 8.08. The lowest BCUT2D eigenvalue weighted by atomic mass is 10.1. The number of rotatable bonds is 7. The van der Waals surface area contributed by atoms with E-state index < -0.39 is 18.0 Å². The van der Waals surface area contributed by atoms with Crippen LogP contribution < -0.4 is 15.4 Å². The minimum atomic E-state index is -0.644. The van der Waals surface area contributed by atoms with Gasteiger partial charge < -0.3 is 24.8 Å². The van der Waals surface area contributed by atoms with Crippen molar-refractivity contribution in [3.63, 3.8) is 0 Å². The second-order valence-corrected chi connectivity index (χ2v) is 5.29. The summed E-state index contributed by atoms with van der Waals surface area (Å²) in [6.07, 6.45) is 0. The number of esters is 2. The van der Waals surface area contributed by atoms with Crippen molar-refractivity contribution >= 4 is 23.7 Å². The van der Waals surface area contributed by atoms with Gasteiger partial charge in [-0.15, -0.1) is 0 Å². The summed E-state index contributed by atoms with van der Waals surface area (Å²) >= 11 is 0. The molecule has 8 heteroatoms. The van der Waals surface area contributed by atoms with Crippen LogP contribution in [-0.2, 0) is 9.47 Å². The molecule has 0 unspecified atom stereocenters. The van der Waals surface area contributed by atoms with Crippen LogP contribution in [0.3, 0.4) is 0 Å². The third-order valence-corrected chi connectivity index (χ3v) is 3.49. The molecule has 0 aliphatic heterocycles. The van der Waals surface area contributed by atoms with Crippen LogP contribution in [0, 0.1) is 0 Å². The topological polar surface area (TPSA) is 103 Å². The highest BCUT2D eigenvalue weighted by Gasteiger charge is 2.17. The Bertz CT molecular complexity index is 807. The summed E-state index contributed by atoms with van der Waals surface area (Å²) in [4.78, 5) is 35.6. The van der Waals surface area contributed by atoms with Crippen molar-refractivity contribution < 1.29 is 28.6 Å². The molecule has 0 aliphatic carbocycles. The Balaban J connectivity index is 1.97. The quantitative estimate of drug-likeness (QED) is 0.572. The second-order valence-electron chi connectivity index (χ2n) is 5.29. The highest BCUT2D eigenvalue weighted by Crippen LogP contribution is 2.19. The molecule has 0 atom stereocenters. The zero-order chi connectivity index (χ0) is 19.6. The molecular weight excluding hydrogens is 352 g/mol. The number of amides is 2. The van der Waals surface area contributed by atoms with Crippen molar-refractivity contribution in [2.24, 2.45) is 0 Å². The summed E-state index contributed by atoms with van der Waals surface area (Å²) in [6, 6.07) is 12.8. The number of benzene rings is 2. The predicted molar refractivity (Wildman–Crippen MR) is 98.1 cm³/mol. The molecule has 0 heterocycles. The van der Waals surface area contributed by atoms with Crippen LogP contribution in [0.2, 0.25) is 0 Å². The van der Waals surface area contributed by atoms with Gasteiger partial charge in [0, 0.05) is 0 Å². The molecule has 2 rings (SSSR count). The lowest BCUT2D eigenvalue weighted by Crippen LogP contribution is -2.32. The molecule has 2 N–H and O–H groups in total. The van der Waals surface area contributed by atoms with Gasteiger partial charge >= 0.3 is 18.0 Å². The Kier molecular flexibility index (Phi) is 7.18. The summed E-state index contributed by atoms with van der Waals surface area (Å²) in [6.45, 7) is 0.508. The highest BCUT2D eigenvalue weighted by atomic mass is 16.5. The average molecular weight is 372 g/mol. The van der Waals surface area contributed by atoms with E-state index in [1.807, 2.05) is 18.2 Å². The molecule has 0 bridgehead atoms. The van der Waals surface area contributed by atoms with Gasteiger partial charge in [-0.25, -0.2) is 14.4 Å². The van der Waals surface area contributed by atoms with Crippen molar-refractivity contribution in [3.8, 4) is 5.75 Å². The van der Waals surface area contributed by atoms with Crippen molar-refractivity contribution in [1.29, 1.82) is 0 Å². The summed E-state index contributed by atoms with van der Waals surface area (Å²) in [5.41, 5.74) is 0.430. The minimum absolute atomic E-state index is 0.112. The summed E-state index contributed by atoms with van der Waals surface area (Å²) in [5, 5.41) is 5.13. The first-order valence-electron chi connectivity index (χ1n) is 8.08. The van der Waals surface area contributed by atoms with Gasteiger partial charge in [0.25, 0.3) is 0 Å². The zero-order valence-corrected chi connectivity index (χ0v) is 15.0. The van der Waals surface area contributed by atoms with E-state index in [4.69, 9.17) is 4.74 Å². The number of anilines is 1. The van der Waals surface area contributed by atoms with Crippen LogP contribution in [0.5, 0.6) is 5.75 Å². The average Bonchev–Trinajstić information content (AvgIpc) is 2.70. The standard InChI is InChI=1S/C19H20N2O6/c1-25-17(22)13-8-9-15(18(23)26-2)16(12-13)21-19(24)20-10-11-27-14-6-4-3-5-7-14/h3-9,12H,10-11H2,1-2H3,(H2,20,21,24). The number of hydrogen-bond donors (Lipinski definition) is 2. The van der Waals surface area contributed by atoms with E-state index >= 15 is 0 Å². The van der Waals surface area contributed by atoms with Gasteiger partial charge in [0.1, 0.15) is 12.4 Å². The van der Waals surface area contributed by atoms with E-state index in [2.05, 4.69) is 20.1 Å². The fraction of sp³-hybridized carbons (Fsp3) is 0.211. The van der Waals surface area contributed by atoms with Crippen LogP contribution in [0.4, 0.5) is 10.5 Å². The zero-order valence-electron chi connectivity index (χ0n) is 15.0. The minimum Gasteiger partial charge on any atom is -0.492 e. The first kappa shape index (κ1) is 19.8. The Hall–Kier alpha value is -3.55. The van der Waals surface area contributed by atoms with E-state index in [-0.39, 0.29) is 30.0 Å². The molecule has 0 radical (unpaired) electrons. The Labute approximate surface area is 156 Å².